The van der Waals surface area contributed by atoms with Crippen LogP contribution in [0.2, 0.25) is 0 Å². The largest absolute Gasteiger partial charge is 0.298 e. The van der Waals surface area contributed by atoms with Crippen LogP contribution in [0.5, 0.6) is 0 Å². The van der Waals surface area contributed by atoms with Gasteiger partial charge < -0.3 is 0 Å². The van der Waals surface area contributed by atoms with E-state index in [-0.39, 0.29) is 21.8 Å². The predicted octanol–water partition coefficient (Wildman–Crippen LogP) is 0.932. The van der Waals surface area contributed by atoms with E-state index in [1.165, 1.54) is 28.8 Å². The van der Waals surface area contributed by atoms with Crippen molar-refractivity contribution in [3.8, 4) is 0 Å². The van der Waals surface area contributed by atoms with Gasteiger partial charge in [-0.2, -0.15) is 4.31 Å². The molecule has 152 valence electrons. The molecule has 1 aliphatic heterocycles. The smallest absolute Gasteiger partial charge is 0.216 e. The van der Waals surface area contributed by atoms with Crippen molar-refractivity contribution in [3.05, 3.63) is 34.2 Å². The number of sulfonamides is 1. The summed E-state index contributed by atoms with van der Waals surface area (Å²) in [5.41, 5.74) is 5.33. The molecule has 14 heteroatoms. The fourth-order valence-corrected chi connectivity index (χ4v) is 3.71. The molecule has 0 spiro atoms. The first-order valence-electron chi connectivity index (χ1n) is 8.01. The molecule has 1 saturated heterocycles. The van der Waals surface area contributed by atoms with Gasteiger partial charge in [0.25, 0.3) is 0 Å². The number of piperazine rings is 1. The number of hydrogen-bond acceptors (Lipinski definition) is 9. The fourth-order valence-electron chi connectivity index (χ4n) is 2.51. The van der Waals surface area contributed by atoms with E-state index in [0.717, 1.165) is 0 Å². The first kappa shape index (κ1) is 20.6. The summed E-state index contributed by atoms with van der Waals surface area (Å²) in [5, 5.41) is 18.7. The third-order valence-electron chi connectivity index (χ3n) is 3.93. The second kappa shape index (κ2) is 8.48. The molecule has 0 aliphatic carbocycles. The highest BCUT2D eigenvalue weighted by molar-refractivity contribution is 9.10. The molecule has 0 radical (unpaired) electrons. The number of aromatic nitrogens is 2. The van der Waals surface area contributed by atoms with Crippen molar-refractivity contribution < 1.29 is 22.6 Å². The number of anilines is 1. The summed E-state index contributed by atoms with van der Waals surface area (Å²) >= 11 is 3.07. The van der Waals surface area contributed by atoms with E-state index in [9.17, 15) is 18.0 Å². The van der Waals surface area contributed by atoms with Gasteiger partial charge in [0, 0.05) is 26.2 Å². The minimum absolute atomic E-state index is 0.0722. The van der Waals surface area contributed by atoms with Crippen LogP contribution < -0.4 is 10.9 Å². The average Bonchev–Trinajstić information content (AvgIpc) is 3.10. The number of amidine groups is 1. The van der Waals surface area contributed by atoms with Crippen molar-refractivity contribution in [1.82, 2.24) is 25.1 Å². The molecule has 0 amide bonds. The van der Waals surface area contributed by atoms with Crippen molar-refractivity contribution >= 4 is 43.3 Å². The average molecular weight is 478 g/mol. The molecular formula is C14H17BrFN7O4S. The van der Waals surface area contributed by atoms with E-state index in [1.54, 1.807) is 5.01 Å². The zero-order valence-corrected chi connectivity index (χ0v) is 17.0. The molecule has 2 heterocycles. The fraction of sp³-hybridized carbons (Fsp3) is 0.357. The Bertz CT molecular complexity index is 976. The number of aliphatic imine (C=N–C) groups is 1. The number of benzene rings is 1. The van der Waals surface area contributed by atoms with Crippen LogP contribution in [-0.2, 0) is 10.0 Å². The van der Waals surface area contributed by atoms with Crippen molar-refractivity contribution in [2.75, 3.05) is 37.9 Å². The van der Waals surface area contributed by atoms with Crippen molar-refractivity contribution in [2.24, 2.45) is 4.99 Å². The van der Waals surface area contributed by atoms with Gasteiger partial charge in [-0.25, -0.2) is 27.4 Å². The molecule has 3 N–H and O–H groups in total. The van der Waals surface area contributed by atoms with Crippen LogP contribution in [-0.4, -0.2) is 71.5 Å². The predicted molar refractivity (Wildman–Crippen MR) is 101 cm³/mol. The maximum atomic E-state index is 13.4. The summed E-state index contributed by atoms with van der Waals surface area (Å²) in [7, 11) is -3.24. The molecule has 2 aromatic rings. The van der Waals surface area contributed by atoms with E-state index in [0.29, 0.717) is 31.9 Å². The SMILES string of the molecule is CS(=O)(=O)N1CCN(Nc2nonc2C(=Nc2ccc(F)c(Br)c2)NO)CC1. The van der Waals surface area contributed by atoms with Crippen molar-refractivity contribution in [1.29, 1.82) is 0 Å². The Morgan fingerprint density at radius 1 is 1.32 bits per heavy atom. The molecule has 0 saturated carbocycles. The van der Waals surface area contributed by atoms with Crippen molar-refractivity contribution in [3.63, 3.8) is 0 Å². The van der Waals surface area contributed by atoms with Gasteiger partial charge in [0.15, 0.2) is 11.5 Å². The van der Waals surface area contributed by atoms with Gasteiger partial charge in [-0.15, -0.1) is 0 Å². The molecular weight excluding hydrogens is 461 g/mol. The van der Waals surface area contributed by atoms with Gasteiger partial charge in [-0.1, -0.05) is 0 Å². The molecule has 1 aromatic heterocycles. The minimum atomic E-state index is -3.24. The second-order valence-electron chi connectivity index (χ2n) is 5.89. The Hall–Kier alpha value is -2.13. The number of hydroxylamine groups is 1. The zero-order valence-electron chi connectivity index (χ0n) is 14.6. The van der Waals surface area contributed by atoms with Crippen LogP contribution in [0.4, 0.5) is 15.9 Å². The number of nitrogens with zero attached hydrogens (tertiary/aromatic N) is 5. The number of hydrazine groups is 1. The molecule has 0 unspecified atom stereocenters. The maximum Gasteiger partial charge on any atom is 0.216 e. The Labute approximate surface area is 168 Å². The molecule has 11 nitrogen and oxygen atoms in total. The van der Waals surface area contributed by atoms with Gasteiger partial charge in [0.2, 0.25) is 15.8 Å². The van der Waals surface area contributed by atoms with E-state index >= 15 is 0 Å². The summed E-state index contributed by atoms with van der Waals surface area (Å²) in [4.78, 5) is 4.17. The first-order chi connectivity index (χ1) is 13.3. The molecule has 0 atom stereocenters. The van der Waals surface area contributed by atoms with E-state index in [2.05, 4.69) is 36.7 Å². The maximum absolute atomic E-state index is 13.4. The Balaban J connectivity index is 1.75. The molecule has 28 heavy (non-hydrogen) atoms. The van der Waals surface area contributed by atoms with Crippen molar-refractivity contribution in [2.45, 2.75) is 0 Å². The minimum Gasteiger partial charge on any atom is -0.298 e. The zero-order chi connectivity index (χ0) is 20.3. The summed E-state index contributed by atoms with van der Waals surface area (Å²) < 4.78 is 42.8. The van der Waals surface area contributed by atoms with E-state index in [4.69, 9.17) is 4.63 Å². The third-order valence-corrected chi connectivity index (χ3v) is 5.85. The highest BCUT2D eigenvalue weighted by Crippen LogP contribution is 2.23. The number of rotatable bonds is 5. The van der Waals surface area contributed by atoms with Crippen LogP contribution in [0.25, 0.3) is 0 Å². The Morgan fingerprint density at radius 2 is 2.04 bits per heavy atom. The van der Waals surface area contributed by atoms with Crippen LogP contribution in [0.3, 0.4) is 0 Å². The van der Waals surface area contributed by atoms with Gasteiger partial charge in [0.1, 0.15) is 5.82 Å². The Morgan fingerprint density at radius 3 is 2.64 bits per heavy atom. The topological polar surface area (TPSA) is 136 Å². The van der Waals surface area contributed by atoms with E-state index in [1.807, 2.05) is 5.48 Å². The molecule has 1 fully saturated rings. The van der Waals surface area contributed by atoms with Gasteiger partial charge in [-0.05, 0) is 44.4 Å². The number of nitrogens with one attached hydrogen (secondary N) is 2. The quantitative estimate of drug-likeness (QED) is 0.326. The van der Waals surface area contributed by atoms with Crippen LogP contribution in [0.1, 0.15) is 5.69 Å². The standard InChI is InChI=1S/C14H17BrFN7O4S/c1-28(25,26)23-6-4-22(5-7-23)18-14-12(20-27-21-14)13(19-24)17-9-2-3-11(16)10(15)8-9/h2-3,8,24H,4-7H2,1H3,(H,17,19)(H,18,21). The van der Waals surface area contributed by atoms with Gasteiger partial charge in [0.05, 0.1) is 16.4 Å². The lowest BCUT2D eigenvalue weighted by atomic mass is 10.3. The summed E-state index contributed by atoms with van der Waals surface area (Å²) in [6.07, 6.45) is 1.17. The number of hydrogen-bond donors (Lipinski definition) is 3. The third kappa shape index (κ3) is 4.82. The number of halogens is 2. The molecule has 0 bridgehead atoms. The normalized spacial score (nSPS) is 16.9. The molecule has 3 rings (SSSR count). The summed E-state index contributed by atoms with van der Waals surface area (Å²) in [5.74, 6) is -0.345. The molecule has 1 aromatic carbocycles. The Kier molecular flexibility index (Phi) is 6.24. The van der Waals surface area contributed by atoms with Crippen LogP contribution in [0, 0.1) is 5.82 Å². The lowest BCUT2D eigenvalue weighted by molar-refractivity contribution is 0.218. The lowest BCUT2D eigenvalue weighted by Crippen LogP contribution is -2.50. The van der Waals surface area contributed by atoms with Gasteiger partial charge in [-0.3, -0.25) is 16.1 Å². The summed E-state index contributed by atoms with van der Waals surface area (Å²) in [6, 6.07) is 4.07. The van der Waals surface area contributed by atoms with Crippen LogP contribution >= 0.6 is 15.9 Å². The summed E-state index contributed by atoms with van der Waals surface area (Å²) in [6.45, 7) is 1.44. The first-order valence-corrected chi connectivity index (χ1v) is 10.7. The molecule has 1 aliphatic rings. The monoisotopic (exact) mass is 477 g/mol. The van der Waals surface area contributed by atoms with E-state index < -0.39 is 15.8 Å². The highest BCUT2D eigenvalue weighted by Gasteiger charge is 2.25. The highest BCUT2D eigenvalue weighted by atomic mass is 79.9. The van der Waals surface area contributed by atoms with Crippen LogP contribution in [0.15, 0.2) is 32.3 Å². The van der Waals surface area contributed by atoms with Gasteiger partial charge >= 0.3 is 0 Å². The lowest BCUT2D eigenvalue weighted by Gasteiger charge is -2.33. The second-order valence-corrected chi connectivity index (χ2v) is 8.73.